The number of amides is 1. The number of ether oxygens (including phenoxy) is 1. The van der Waals surface area contributed by atoms with Gasteiger partial charge in [-0.3, -0.25) is 4.79 Å². The number of halogens is 1. The molecule has 1 aliphatic rings. The largest absolute Gasteiger partial charge is 0.368 e. The molecule has 0 aliphatic carbocycles. The van der Waals surface area contributed by atoms with Crippen molar-refractivity contribution in [1.29, 1.82) is 0 Å². The van der Waals surface area contributed by atoms with Crippen molar-refractivity contribution >= 4 is 28.5 Å². The van der Waals surface area contributed by atoms with Crippen molar-refractivity contribution in [1.82, 2.24) is 5.32 Å². The number of hydrogen-bond donors (Lipinski definition) is 1. The normalized spacial score (nSPS) is 26.4. The van der Waals surface area contributed by atoms with Gasteiger partial charge in [0.2, 0.25) is 5.91 Å². The van der Waals surface area contributed by atoms with E-state index >= 15 is 0 Å². The second-order valence-electron chi connectivity index (χ2n) is 3.74. The van der Waals surface area contributed by atoms with E-state index in [2.05, 4.69) is 34.8 Å². The van der Waals surface area contributed by atoms with Crippen molar-refractivity contribution in [2.75, 3.05) is 17.6 Å². The summed E-state index contributed by atoms with van der Waals surface area (Å²) < 4.78 is 6.53. The molecule has 1 heterocycles. The maximum atomic E-state index is 11.6. The average Bonchev–Trinajstić information content (AvgIpc) is 2.59. The van der Waals surface area contributed by atoms with Gasteiger partial charge in [-0.25, -0.2) is 0 Å². The molecular weight excluding hydrogens is 293 g/mol. The van der Waals surface area contributed by atoms with E-state index in [1.54, 1.807) is 0 Å². The van der Waals surface area contributed by atoms with Crippen LogP contribution in [0.3, 0.4) is 0 Å². The van der Waals surface area contributed by atoms with Crippen molar-refractivity contribution in [3.8, 4) is 0 Å². The molecule has 82 valence electrons. The zero-order valence-electron chi connectivity index (χ0n) is 8.59. The SMILES string of the molecule is CC1CCOC1C(=O)NCCCCI. The maximum Gasteiger partial charge on any atom is 0.249 e. The molecule has 2 atom stereocenters. The smallest absolute Gasteiger partial charge is 0.249 e. The van der Waals surface area contributed by atoms with Crippen molar-refractivity contribution in [2.24, 2.45) is 5.92 Å². The van der Waals surface area contributed by atoms with Gasteiger partial charge in [0, 0.05) is 13.2 Å². The highest BCUT2D eigenvalue weighted by molar-refractivity contribution is 14.1. The fourth-order valence-corrected chi connectivity index (χ4v) is 2.10. The third-order valence-corrected chi connectivity index (χ3v) is 3.27. The monoisotopic (exact) mass is 311 g/mol. The van der Waals surface area contributed by atoms with E-state index in [-0.39, 0.29) is 12.0 Å². The predicted octanol–water partition coefficient (Wildman–Crippen LogP) is 1.74. The van der Waals surface area contributed by atoms with Gasteiger partial charge in [-0.1, -0.05) is 29.5 Å². The standard InChI is InChI=1S/C10H18INO2/c1-8-4-7-14-9(8)10(13)12-6-3-2-5-11/h8-9H,2-7H2,1H3,(H,12,13). The summed E-state index contributed by atoms with van der Waals surface area (Å²) in [7, 11) is 0. The topological polar surface area (TPSA) is 38.3 Å². The second-order valence-corrected chi connectivity index (χ2v) is 4.82. The zero-order chi connectivity index (χ0) is 10.4. The number of carbonyl (C=O) groups excluding carboxylic acids is 1. The van der Waals surface area contributed by atoms with E-state index in [4.69, 9.17) is 4.74 Å². The van der Waals surface area contributed by atoms with Crippen LogP contribution < -0.4 is 5.32 Å². The maximum absolute atomic E-state index is 11.6. The number of rotatable bonds is 5. The minimum absolute atomic E-state index is 0.0726. The summed E-state index contributed by atoms with van der Waals surface area (Å²) in [5, 5.41) is 2.92. The fraction of sp³-hybridized carbons (Fsp3) is 0.900. The van der Waals surface area contributed by atoms with Crippen LogP contribution in [0, 0.1) is 5.92 Å². The van der Waals surface area contributed by atoms with Crippen LogP contribution in [0.1, 0.15) is 26.2 Å². The van der Waals surface area contributed by atoms with Gasteiger partial charge in [0.25, 0.3) is 0 Å². The molecule has 0 aromatic rings. The van der Waals surface area contributed by atoms with Crippen LogP contribution in [0.15, 0.2) is 0 Å². The first-order chi connectivity index (χ1) is 6.75. The molecule has 1 saturated heterocycles. The molecule has 1 N–H and O–H groups in total. The van der Waals surface area contributed by atoms with Crippen molar-refractivity contribution in [2.45, 2.75) is 32.3 Å². The molecule has 2 unspecified atom stereocenters. The summed E-state index contributed by atoms with van der Waals surface area (Å²) in [6.45, 7) is 3.59. The molecule has 0 saturated carbocycles. The Hall–Kier alpha value is 0.160. The molecular formula is C10H18INO2. The van der Waals surface area contributed by atoms with Gasteiger partial charge >= 0.3 is 0 Å². The van der Waals surface area contributed by atoms with Crippen molar-refractivity contribution in [3.63, 3.8) is 0 Å². The Kier molecular flexibility index (Phi) is 5.77. The van der Waals surface area contributed by atoms with Crippen LogP contribution >= 0.6 is 22.6 Å². The molecule has 3 nitrogen and oxygen atoms in total. The predicted molar refractivity (Wildman–Crippen MR) is 64.7 cm³/mol. The summed E-state index contributed by atoms with van der Waals surface area (Å²) >= 11 is 2.35. The number of alkyl halides is 1. The Morgan fingerprint density at radius 1 is 1.57 bits per heavy atom. The molecule has 1 fully saturated rings. The summed E-state index contributed by atoms with van der Waals surface area (Å²) in [4.78, 5) is 11.6. The first-order valence-corrected chi connectivity index (χ1v) is 6.73. The average molecular weight is 311 g/mol. The molecule has 1 rings (SSSR count). The van der Waals surface area contributed by atoms with Crippen LogP contribution in [0.25, 0.3) is 0 Å². The Bertz CT molecular complexity index is 187. The third kappa shape index (κ3) is 3.73. The molecule has 0 spiro atoms. The summed E-state index contributed by atoms with van der Waals surface area (Å²) in [5.41, 5.74) is 0. The van der Waals surface area contributed by atoms with E-state index in [0.29, 0.717) is 5.92 Å². The molecule has 0 radical (unpaired) electrons. The molecule has 1 amide bonds. The third-order valence-electron chi connectivity index (χ3n) is 2.51. The van der Waals surface area contributed by atoms with E-state index in [9.17, 15) is 4.79 Å². The van der Waals surface area contributed by atoms with E-state index in [1.165, 1.54) is 6.42 Å². The van der Waals surface area contributed by atoms with Gasteiger partial charge in [-0.2, -0.15) is 0 Å². The van der Waals surface area contributed by atoms with Gasteiger partial charge in [-0.05, 0) is 29.6 Å². The lowest BCUT2D eigenvalue weighted by Gasteiger charge is -2.14. The van der Waals surface area contributed by atoms with Crippen LogP contribution in [0.4, 0.5) is 0 Å². The van der Waals surface area contributed by atoms with Gasteiger partial charge < -0.3 is 10.1 Å². The lowest BCUT2D eigenvalue weighted by Crippen LogP contribution is -2.37. The second kappa shape index (κ2) is 6.61. The number of nitrogens with one attached hydrogen (secondary N) is 1. The highest BCUT2D eigenvalue weighted by Gasteiger charge is 2.30. The van der Waals surface area contributed by atoms with Crippen molar-refractivity contribution < 1.29 is 9.53 Å². The Morgan fingerprint density at radius 2 is 2.36 bits per heavy atom. The molecule has 0 aromatic carbocycles. The highest BCUT2D eigenvalue weighted by Crippen LogP contribution is 2.19. The van der Waals surface area contributed by atoms with E-state index < -0.39 is 0 Å². The lowest BCUT2D eigenvalue weighted by atomic mass is 10.0. The molecule has 1 aliphatic heterocycles. The number of carbonyl (C=O) groups is 1. The Balaban J connectivity index is 2.14. The molecule has 0 aromatic heterocycles. The van der Waals surface area contributed by atoms with Gasteiger partial charge in [-0.15, -0.1) is 0 Å². The minimum Gasteiger partial charge on any atom is -0.368 e. The number of hydrogen-bond acceptors (Lipinski definition) is 2. The van der Waals surface area contributed by atoms with E-state index in [0.717, 1.165) is 30.4 Å². The van der Waals surface area contributed by atoms with Crippen molar-refractivity contribution in [3.05, 3.63) is 0 Å². The Labute approximate surface area is 99.1 Å². The van der Waals surface area contributed by atoms with Crippen LogP contribution in [-0.4, -0.2) is 29.6 Å². The fourth-order valence-electron chi connectivity index (χ4n) is 1.56. The number of unbranched alkanes of at least 4 members (excludes halogenated alkanes) is 1. The summed E-state index contributed by atoms with van der Waals surface area (Å²) in [6.07, 6.45) is 3.04. The molecule has 0 bridgehead atoms. The zero-order valence-corrected chi connectivity index (χ0v) is 10.7. The Morgan fingerprint density at radius 3 is 2.93 bits per heavy atom. The van der Waals surface area contributed by atoms with Gasteiger partial charge in [0.05, 0.1) is 0 Å². The summed E-state index contributed by atoms with van der Waals surface area (Å²) in [6, 6.07) is 0. The quantitative estimate of drug-likeness (QED) is 0.477. The lowest BCUT2D eigenvalue weighted by molar-refractivity contribution is -0.131. The van der Waals surface area contributed by atoms with E-state index in [1.807, 2.05) is 0 Å². The minimum atomic E-state index is -0.199. The molecule has 14 heavy (non-hydrogen) atoms. The van der Waals surface area contributed by atoms with Crippen LogP contribution in [0.5, 0.6) is 0 Å². The van der Waals surface area contributed by atoms with Gasteiger partial charge in [0.15, 0.2) is 0 Å². The first kappa shape index (κ1) is 12.2. The van der Waals surface area contributed by atoms with Crippen LogP contribution in [0.2, 0.25) is 0 Å². The highest BCUT2D eigenvalue weighted by atomic mass is 127. The van der Waals surface area contributed by atoms with Crippen LogP contribution in [-0.2, 0) is 9.53 Å². The molecule has 4 heteroatoms. The van der Waals surface area contributed by atoms with Gasteiger partial charge in [0.1, 0.15) is 6.10 Å². The first-order valence-electron chi connectivity index (χ1n) is 5.21. The summed E-state index contributed by atoms with van der Waals surface area (Å²) in [5.74, 6) is 0.447.